The number of ether oxygens (including phenoxy) is 1. The number of aryl methyl sites for hydroxylation is 2. The minimum absolute atomic E-state index is 0.0301. The summed E-state index contributed by atoms with van der Waals surface area (Å²) in [7, 11) is 1.54. The van der Waals surface area contributed by atoms with Gasteiger partial charge in [0.05, 0.1) is 42.5 Å². The van der Waals surface area contributed by atoms with Crippen LogP contribution in [0.2, 0.25) is 0 Å². The number of alkyl halides is 2. The quantitative estimate of drug-likeness (QED) is 0.203. The van der Waals surface area contributed by atoms with Crippen molar-refractivity contribution in [3.05, 3.63) is 65.2 Å². The third-order valence-electron chi connectivity index (χ3n) is 13.1. The molecule has 2 N–H and O–H groups in total. The molecular weight excluding hydrogens is 734 g/mol. The number of rotatable bonds is 8. The van der Waals surface area contributed by atoms with E-state index < -0.39 is 23.6 Å². The van der Waals surface area contributed by atoms with Gasteiger partial charge in [0.25, 0.3) is 11.8 Å². The summed E-state index contributed by atoms with van der Waals surface area (Å²) in [5, 5.41) is 5.85. The smallest absolute Gasteiger partial charge is 0.257 e. The molecule has 2 aliphatic carbocycles. The van der Waals surface area contributed by atoms with Crippen molar-refractivity contribution in [1.29, 1.82) is 0 Å². The topological polar surface area (TPSA) is 108 Å². The zero-order valence-corrected chi connectivity index (χ0v) is 33.0. The van der Waals surface area contributed by atoms with Gasteiger partial charge in [-0.25, -0.2) is 23.1 Å². The first-order valence-corrected chi connectivity index (χ1v) is 20.5. The Kier molecular flexibility index (Phi) is 9.80. The van der Waals surface area contributed by atoms with Gasteiger partial charge in [-0.1, -0.05) is 12.1 Å². The molecule has 3 aliphatic heterocycles. The van der Waals surface area contributed by atoms with Crippen molar-refractivity contribution in [3.8, 4) is 11.3 Å². The van der Waals surface area contributed by atoms with Crippen LogP contribution in [0, 0.1) is 24.6 Å². The fourth-order valence-electron chi connectivity index (χ4n) is 9.50. The number of piperidine rings is 1. The summed E-state index contributed by atoms with van der Waals surface area (Å²) in [6.45, 7) is 9.83. The Bertz CT molecular complexity index is 2200. The molecule has 2 unspecified atom stereocenters. The number of carbonyl (C=O) groups excluding carboxylic acids is 2. The summed E-state index contributed by atoms with van der Waals surface area (Å²) in [6.07, 6.45) is 6.09. The van der Waals surface area contributed by atoms with E-state index in [2.05, 4.69) is 32.6 Å². The molecule has 5 aliphatic rings. The zero-order chi connectivity index (χ0) is 39.7. The first-order chi connectivity index (χ1) is 27.4. The van der Waals surface area contributed by atoms with E-state index >= 15 is 4.39 Å². The summed E-state index contributed by atoms with van der Waals surface area (Å²) in [4.78, 5) is 43.7. The van der Waals surface area contributed by atoms with Crippen LogP contribution in [0.5, 0.6) is 0 Å². The van der Waals surface area contributed by atoms with Crippen molar-refractivity contribution in [3.63, 3.8) is 0 Å². The molecule has 0 bridgehead atoms. The van der Waals surface area contributed by atoms with Crippen molar-refractivity contribution in [1.82, 2.24) is 29.7 Å². The molecule has 4 fully saturated rings. The van der Waals surface area contributed by atoms with Crippen molar-refractivity contribution in [2.75, 3.05) is 56.7 Å². The van der Waals surface area contributed by atoms with E-state index in [1.807, 2.05) is 35.4 Å². The average Bonchev–Trinajstić information content (AvgIpc) is 3.53. The number of hydrogen-bond acceptors (Lipinski definition) is 8. The Morgan fingerprint density at radius 3 is 2.39 bits per heavy atom. The van der Waals surface area contributed by atoms with E-state index in [9.17, 15) is 18.4 Å². The molecule has 4 aromatic rings. The lowest BCUT2D eigenvalue weighted by molar-refractivity contribution is -0.120. The highest BCUT2D eigenvalue weighted by Crippen LogP contribution is 2.60. The van der Waals surface area contributed by atoms with Crippen LogP contribution in [-0.2, 0) is 16.0 Å². The number of imidazole rings is 1. The van der Waals surface area contributed by atoms with E-state index in [1.54, 1.807) is 13.3 Å². The molecule has 2 atom stereocenters. The normalized spacial score (nSPS) is 25.4. The summed E-state index contributed by atoms with van der Waals surface area (Å²) >= 11 is 0. The fraction of sp³-hybridized carbons (Fsp3) is 0.535. The van der Waals surface area contributed by atoms with Gasteiger partial charge in [0.15, 0.2) is 5.82 Å². The predicted octanol–water partition coefficient (Wildman–Crippen LogP) is 6.72. The summed E-state index contributed by atoms with van der Waals surface area (Å²) in [6, 6.07) is 11.5. The lowest BCUT2D eigenvalue weighted by Gasteiger charge is -2.47. The van der Waals surface area contributed by atoms with Crippen LogP contribution in [0.15, 0.2) is 42.7 Å². The molecule has 2 aromatic heterocycles. The Morgan fingerprint density at radius 2 is 1.70 bits per heavy atom. The maximum absolute atomic E-state index is 15.6. The Balaban J connectivity index is 1.08. The van der Waals surface area contributed by atoms with E-state index in [1.165, 1.54) is 19.2 Å². The van der Waals surface area contributed by atoms with E-state index in [4.69, 9.17) is 14.7 Å². The van der Waals surface area contributed by atoms with Crippen molar-refractivity contribution < 1.29 is 27.5 Å². The number of nitrogens with zero attached hydrogens (tertiary/aromatic N) is 6. The van der Waals surface area contributed by atoms with Crippen LogP contribution in [0.25, 0.3) is 22.3 Å². The van der Waals surface area contributed by atoms with Crippen molar-refractivity contribution in [2.45, 2.75) is 89.4 Å². The molecule has 57 heavy (non-hydrogen) atoms. The van der Waals surface area contributed by atoms with Crippen LogP contribution in [0.1, 0.15) is 73.5 Å². The second-order valence-electron chi connectivity index (χ2n) is 17.0. The van der Waals surface area contributed by atoms with Gasteiger partial charge in [0, 0.05) is 73.3 Å². The molecule has 2 saturated carbocycles. The Hall–Kier alpha value is -4.53. The highest BCUT2D eigenvalue weighted by molar-refractivity contribution is 5.98. The number of halogens is 3. The number of likely N-dealkylation sites (tertiary alicyclic amines) is 1. The van der Waals surface area contributed by atoms with Crippen LogP contribution in [0.4, 0.5) is 30.4 Å². The molecule has 11 nitrogen and oxygen atoms in total. The Labute approximate surface area is 330 Å². The molecule has 302 valence electrons. The van der Waals surface area contributed by atoms with E-state index in [-0.39, 0.29) is 35.6 Å². The van der Waals surface area contributed by atoms with Crippen LogP contribution in [-0.4, -0.2) is 107 Å². The number of nitrogens with one attached hydrogen (secondary N) is 2. The lowest BCUT2D eigenvalue weighted by Crippen LogP contribution is -2.56. The summed E-state index contributed by atoms with van der Waals surface area (Å²) in [5.41, 5.74) is 5.66. The monoisotopic (exact) mass is 784 g/mol. The van der Waals surface area contributed by atoms with Gasteiger partial charge in [-0.2, -0.15) is 0 Å². The first-order valence-electron chi connectivity index (χ1n) is 20.5. The summed E-state index contributed by atoms with van der Waals surface area (Å²) in [5.74, 6) is -3.96. The van der Waals surface area contributed by atoms with Gasteiger partial charge in [-0.3, -0.25) is 19.4 Å². The van der Waals surface area contributed by atoms with Gasteiger partial charge in [-0.15, -0.1) is 0 Å². The number of aromatic nitrogens is 3. The molecule has 0 spiro atoms. The number of pyridine rings is 1. The number of carbonyl (C=O) groups is 2. The maximum atomic E-state index is 15.6. The van der Waals surface area contributed by atoms with Gasteiger partial charge in [0.2, 0.25) is 5.91 Å². The molecule has 14 heteroatoms. The standard InChI is InChI=1S/C43H51F3N8O3/c1-24(2)53-23-48-37-18-35(49-41(40(37)53)50-36-17-31(42(56)47-4)25(3)13-34(36)44)27-10-9-26-7-5-11-51(30-21-57-22-30)12-6-8-39(55)54(38(26)14-27)29-15-28(16-29)52-19-32-33(20-52)43(32,45)46/h9-10,13-14,17-18,23-24,28-30,32-33H,5-8,11-12,15-16,19-22H2,1-4H3,(H,47,56)(H,49,50)/t28-,29+,32?,33?. The number of benzene rings is 2. The van der Waals surface area contributed by atoms with Gasteiger partial charge in [-0.05, 0) is 101 Å². The van der Waals surface area contributed by atoms with Crippen LogP contribution < -0.4 is 15.5 Å². The zero-order valence-electron chi connectivity index (χ0n) is 33.0. The van der Waals surface area contributed by atoms with Crippen LogP contribution >= 0.6 is 0 Å². The molecule has 5 heterocycles. The lowest BCUT2D eigenvalue weighted by atomic mass is 9.83. The molecular formula is C43H51F3N8O3. The van der Waals surface area contributed by atoms with Crippen molar-refractivity contribution in [2.24, 2.45) is 11.8 Å². The highest BCUT2D eigenvalue weighted by Gasteiger charge is 2.72. The average molecular weight is 785 g/mol. The number of hydrogen-bond donors (Lipinski definition) is 2. The molecule has 2 amide bonds. The van der Waals surface area contributed by atoms with Gasteiger partial charge < -0.3 is 24.8 Å². The van der Waals surface area contributed by atoms with E-state index in [0.29, 0.717) is 59.2 Å². The number of fused-ring (bicyclic) bond motifs is 3. The maximum Gasteiger partial charge on any atom is 0.257 e. The third-order valence-corrected chi connectivity index (χ3v) is 13.1. The number of anilines is 3. The SMILES string of the molecule is CNC(=O)c1cc(Nc2nc(-c3ccc4c(c3)N([C@H]3C[C@@H](N5CC6C(C5)C6(F)F)C3)C(=O)CCCN(C3COC3)CCC4)cc3ncn(C(C)C)c23)c(F)cc1C. The first kappa shape index (κ1) is 38.0. The molecule has 2 aromatic carbocycles. The molecule has 2 saturated heterocycles. The fourth-order valence-corrected chi connectivity index (χ4v) is 9.50. The minimum Gasteiger partial charge on any atom is -0.378 e. The van der Waals surface area contributed by atoms with E-state index in [0.717, 1.165) is 75.2 Å². The van der Waals surface area contributed by atoms with Crippen LogP contribution in [0.3, 0.4) is 0 Å². The second kappa shape index (κ2) is 14.7. The molecule has 9 rings (SSSR count). The Morgan fingerprint density at radius 1 is 0.965 bits per heavy atom. The van der Waals surface area contributed by atoms with Gasteiger partial charge >= 0.3 is 0 Å². The summed E-state index contributed by atoms with van der Waals surface area (Å²) < 4.78 is 51.2. The predicted molar refractivity (Wildman–Crippen MR) is 213 cm³/mol. The minimum atomic E-state index is -2.52. The highest BCUT2D eigenvalue weighted by atomic mass is 19.3. The van der Waals surface area contributed by atoms with Gasteiger partial charge in [0.1, 0.15) is 11.3 Å². The third kappa shape index (κ3) is 6.86. The second-order valence-corrected chi connectivity index (χ2v) is 17.0. The van der Waals surface area contributed by atoms with Crippen molar-refractivity contribution >= 4 is 40.0 Å². The molecule has 0 radical (unpaired) electrons. The number of amides is 2. The largest absolute Gasteiger partial charge is 0.378 e.